The van der Waals surface area contributed by atoms with Crippen molar-refractivity contribution in [3.05, 3.63) is 83.4 Å². The van der Waals surface area contributed by atoms with E-state index in [1.54, 1.807) is 66.7 Å². The third kappa shape index (κ3) is 4.46. The van der Waals surface area contributed by atoms with Gasteiger partial charge in [-0.2, -0.15) is 0 Å². The zero-order chi connectivity index (χ0) is 24.2. The van der Waals surface area contributed by atoms with Crippen LogP contribution in [0.15, 0.2) is 66.7 Å². The van der Waals surface area contributed by atoms with Crippen molar-refractivity contribution in [3.8, 4) is 11.5 Å². The lowest BCUT2D eigenvalue weighted by Crippen LogP contribution is -2.34. The number of methoxy groups -OCH3 is 1. The van der Waals surface area contributed by atoms with Gasteiger partial charge in [0.15, 0.2) is 5.11 Å². The number of carbonyl (C=O) groups excluding carboxylic acids is 3. The highest BCUT2D eigenvalue weighted by atomic mass is 32.1. The number of amides is 3. The summed E-state index contributed by atoms with van der Waals surface area (Å²) in [6, 6.07) is 18.2. The first-order valence-electron chi connectivity index (χ1n) is 10.4. The zero-order valence-corrected chi connectivity index (χ0v) is 19.3. The van der Waals surface area contributed by atoms with Crippen LogP contribution in [0.5, 0.6) is 11.5 Å². The Balaban J connectivity index is 1.47. The van der Waals surface area contributed by atoms with Crippen molar-refractivity contribution in [3.63, 3.8) is 0 Å². The van der Waals surface area contributed by atoms with E-state index < -0.39 is 11.8 Å². The van der Waals surface area contributed by atoms with Gasteiger partial charge >= 0.3 is 0 Å². The SMILES string of the molecule is CCOc1ccc(C(=O)NC(=S)Nc2ccc(N3C(=O)c4ccccc4C3=O)c(OC)c2)cc1. The third-order valence-corrected chi connectivity index (χ3v) is 5.33. The van der Waals surface area contributed by atoms with E-state index in [1.807, 2.05) is 6.92 Å². The number of anilines is 2. The standard InChI is InChI=1S/C25H21N3O5S/c1-3-33-17-11-8-15(9-12-17)22(29)27-25(34)26-16-10-13-20(21(14-16)32-2)28-23(30)18-6-4-5-7-19(18)24(28)31/h4-14H,3H2,1-2H3,(H2,26,27,29,34). The first-order valence-corrected chi connectivity index (χ1v) is 10.8. The minimum Gasteiger partial charge on any atom is -0.494 e. The van der Waals surface area contributed by atoms with Crippen LogP contribution in [0.2, 0.25) is 0 Å². The summed E-state index contributed by atoms with van der Waals surface area (Å²) in [6.45, 7) is 2.42. The lowest BCUT2D eigenvalue weighted by Gasteiger charge is -2.19. The molecule has 0 unspecified atom stereocenters. The highest BCUT2D eigenvalue weighted by Gasteiger charge is 2.37. The number of imide groups is 1. The Labute approximate surface area is 201 Å². The Hall–Kier alpha value is -4.24. The Morgan fingerprint density at radius 2 is 1.62 bits per heavy atom. The molecule has 3 aromatic rings. The molecule has 2 N–H and O–H groups in total. The molecule has 0 aliphatic carbocycles. The van der Waals surface area contributed by atoms with E-state index in [1.165, 1.54) is 7.11 Å². The van der Waals surface area contributed by atoms with Gasteiger partial charge in [-0.3, -0.25) is 19.7 Å². The molecule has 1 heterocycles. The van der Waals surface area contributed by atoms with Crippen LogP contribution in [-0.2, 0) is 0 Å². The predicted molar refractivity (Wildman–Crippen MR) is 132 cm³/mol. The fraction of sp³-hybridized carbons (Fsp3) is 0.120. The van der Waals surface area contributed by atoms with Gasteiger partial charge in [0, 0.05) is 17.3 Å². The van der Waals surface area contributed by atoms with Gasteiger partial charge in [0.25, 0.3) is 17.7 Å². The molecular formula is C25H21N3O5S. The molecule has 0 saturated heterocycles. The molecule has 9 heteroatoms. The third-order valence-electron chi connectivity index (χ3n) is 5.13. The number of carbonyl (C=O) groups is 3. The summed E-state index contributed by atoms with van der Waals surface area (Å²) in [4.78, 5) is 39.2. The molecule has 0 spiro atoms. The molecular weight excluding hydrogens is 454 g/mol. The minimum atomic E-state index is -0.419. The summed E-state index contributed by atoms with van der Waals surface area (Å²) in [7, 11) is 1.44. The smallest absolute Gasteiger partial charge is 0.266 e. The highest BCUT2D eigenvalue weighted by molar-refractivity contribution is 7.80. The first kappa shape index (κ1) is 22.9. The monoisotopic (exact) mass is 475 g/mol. The second-order valence-electron chi connectivity index (χ2n) is 7.24. The molecule has 34 heavy (non-hydrogen) atoms. The van der Waals surface area contributed by atoms with Gasteiger partial charge in [-0.15, -0.1) is 0 Å². The highest BCUT2D eigenvalue weighted by Crippen LogP contribution is 2.36. The Morgan fingerprint density at radius 1 is 0.971 bits per heavy atom. The number of hydrogen-bond donors (Lipinski definition) is 2. The number of hydrogen-bond acceptors (Lipinski definition) is 6. The number of rotatable bonds is 6. The second kappa shape index (κ2) is 9.72. The van der Waals surface area contributed by atoms with E-state index in [-0.39, 0.29) is 11.0 Å². The van der Waals surface area contributed by atoms with Crippen molar-refractivity contribution in [1.29, 1.82) is 0 Å². The normalized spacial score (nSPS) is 12.2. The quantitative estimate of drug-likeness (QED) is 0.411. The minimum absolute atomic E-state index is 0.0782. The summed E-state index contributed by atoms with van der Waals surface area (Å²) in [5, 5.41) is 5.60. The van der Waals surface area contributed by atoms with Crippen LogP contribution in [0.4, 0.5) is 11.4 Å². The maximum Gasteiger partial charge on any atom is 0.266 e. The molecule has 0 bridgehead atoms. The van der Waals surface area contributed by atoms with Crippen molar-refractivity contribution in [2.45, 2.75) is 6.92 Å². The summed E-state index contributed by atoms with van der Waals surface area (Å²) in [5.74, 6) is -0.254. The number of thiocarbonyl (C=S) groups is 1. The van der Waals surface area contributed by atoms with Gasteiger partial charge in [-0.1, -0.05) is 12.1 Å². The van der Waals surface area contributed by atoms with Gasteiger partial charge in [-0.25, -0.2) is 4.90 Å². The van der Waals surface area contributed by atoms with Gasteiger partial charge in [-0.05, 0) is 67.7 Å². The molecule has 8 nitrogen and oxygen atoms in total. The summed E-state index contributed by atoms with van der Waals surface area (Å²) in [5.41, 5.74) is 1.92. The topological polar surface area (TPSA) is 97.0 Å². The Bertz CT molecular complexity index is 1250. The molecule has 1 aliphatic heterocycles. The van der Waals surface area contributed by atoms with Crippen molar-refractivity contribution in [2.75, 3.05) is 23.9 Å². The van der Waals surface area contributed by atoms with E-state index in [0.29, 0.717) is 46.2 Å². The number of ether oxygens (including phenoxy) is 2. The lowest BCUT2D eigenvalue weighted by atomic mass is 10.1. The van der Waals surface area contributed by atoms with E-state index in [0.717, 1.165) is 4.90 Å². The second-order valence-corrected chi connectivity index (χ2v) is 7.65. The molecule has 0 saturated carbocycles. The average Bonchev–Trinajstić information content (AvgIpc) is 3.09. The number of benzene rings is 3. The van der Waals surface area contributed by atoms with Crippen LogP contribution >= 0.6 is 12.2 Å². The van der Waals surface area contributed by atoms with Crippen molar-refractivity contribution in [2.24, 2.45) is 0 Å². The zero-order valence-electron chi connectivity index (χ0n) is 18.5. The van der Waals surface area contributed by atoms with Crippen molar-refractivity contribution >= 4 is 46.4 Å². The molecule has 172 valence electrons. The van der Waals surface area contributed by atoms with Crippen molar-refractivity contribution < 1.29 is 23.9 Å². The van der Waals surface area contributed by atoms with Crippen molar-refractivity contribution in [1.82, 2.24) is 5.32 Å². The molecule has 0 fully saturated rings. The van der Waals surface area contributed by atoms with Gasteiger partial charge in [0.2, 0.25) is 0 Å². The fourth-order valence-electron chi connectivity index (χ4n) is 3.55. The first-order chi connectivity index (χ1) is 16.4. The van der Waals surface area contributed by atoms with Gasteiger partial charge < -0.3 is 14.8 Å². The maximum atomic E-state index is 12.8. The molecule has 0 atom stereocenters. The maximum absolute atomic E-state index is 12.8. The fourth-order valence-corrected chi connectivity index (χ4v) is 3.77. The number of nitrogens with one attached hydrogen (secondary N) is 2. The largest absolute Gasteiger partial charge is 0.494 e. The van der Waals surface area contributed by atoms with Gasteiger partial charge in [0.05, 0.1) is 30.5 Å². The van der Waals surface area contributed by atoms with Gasteiger partial charge in [0.1, 0.15) is 11.5 Å². The van der Waals surface area contributed by atoms with Crippen LogP contribution in [0.3, 0.4) is 0 Å². The number of fused-ring (bicyclic) bond motifs is 1. The summed E-state index contributed by atoms with van der Waals surface area (Å²) in [6.07, 6.45) is 0. The molecule has 1 aliphatic rings. The molecule has 0 aromatic heterocycles. The van der Waals surface area contributed by atoms with E-state index >= 15 is 0 Å². The Kier molecular flexibility index (Phi) is 6.55. The average molecular weight is 476 g/mol. The van der Waals surface area contributed by atoms with E-state index in [2.05, 4.69) is 10.6 Å². The van der Waals surface area contributed by atoms with Crippen LogP contribution < -0.4 is 25.0 Å². The lowest BCUT2D eigenvalue weighted by molar-refractivity contribution is 0.0922. The van der Waals surface area contributed by atoms with Crippen LogP contribution in [0.1, 0.15) is 38.0 Å². The van der Waals surface area contributed by atoms with E-state index in [9.17, 15) is 14.4 Å². The van der Waals surface area contributed by atoms with Crippen LogP contribution in [0, 0.1) is 0 Å². The van der Waals surface area contributed by atoms with Crippen LogP contribution in [0.25, 0.3) is 0 Å². The molecule has 3 aromatic carbocycles. The molecule has 3 amide bonds. The molecule has 0 radical (unpaired) electrons. The molecule has 4 rings (SSSR count). The number of nitrogens with zero attached hydrogens (tertiary/aromatic N) is 1. The predicted octanol–water partition coefficient (Wildman–Crippen LogP) is 4.02. The summed E-state index contributed by atoms with van der Waals surface area (Å²) >= 11 is 5.26. The van der Waals surface area contributed by atoms with Crippen LogP contribution in [-0.4, -0.2) is 36.6 Å². The Morgan fingerprint density at radius 3 is 2.21 bits per heavy atom. The summed E-state index contributed by atoms with van der Waals surface area (Å²) < 4.78 is 10.8. The van der Waals surface area contributed by atoms with E-state index in [4.69, 9.17) is 21.7 Å².